The van der Waals surface area contributed by atoms with Crippen LogP contribution >= 0.6 is 12.4 Å². The van der Waals surface area contributed by atoms with E-state index in [-0.39, 0.29) is 18.3 Å². The lowest BCUT2D eigenvalue weighted by atomic mass is 10.1. The third-order valence-electron chi connectivity index (χ3n) is 3.90. The molecule has 19 heavy (non-hydrogen) atoms. The van der Waals surface area contributed by atoms with Crippen molar-refractivity contribution in [1.29, 1.82) is 0 Å². The van der Waals surface area contributed by atoms with Gasteiger partial charge in [-0.1, -0.05) is 0 Å². The van der Waals surface area contributed by atoms with E-state index in [9.17, 15) is 4.79 Å². The topological polar surface area (TPSA) is 63.1 Å². The predicted octanol–water partition coefficient (Wildman–Crippen LogP) is 0.443. The number of nitrogens with one attached hydrogen (secondary N) is 1. The molecule has 0 spiro atoms. The molecule has 2 aliphatic rings. The summed E-state index contributed by atoms with van der Waals surface area (Å²) in [5.41, 5.74) is 0. The van der Waals surface area contributed by atoms with E-state index in [0.29, 0.717) is 25.0 Å². The molecule has 3 rings (SSSR count). The first kappa shape index (κ1) is 14.3. The van der Waals surface area contributed by atoms with Crippen molar-refractivity contribution in [2.75, 3.05) is 13.1 Å². The van der Waals surface area contributed by atoms with Crippen LogP contribution in [0.2, 0.25) is 0 Å². The molecule has 2 unspecified atom stereocenters. The van der Waals surface area contributed by atoms with E-state index in [2.05, 4.69) is 15.4 Å². The number of hydrogen-bond acceptors (Lipinski definition) is 4. The number of aromatic nitrogens is 3. The minimum absolute atomic E-state index is 0. The fraction of sp³-hybridized carbons (Fsp3) is 0.750. The third-order valence-corrected chi connectivity index (χ3v) is 3.90. The van der Waals surface area contributed by atoms with Crippen LogP contribution in [0.1, 0.15) is 25.7 Å². The number of carbonyl (C=O) groups is 1. The van der Waals surface area contributed by atoms with Gasteiger partial charge in [-0.25, -0.2) is 4.98 Å². The lowest BCUT2D eigenvalue weighted by Gasteiger charge is -2.24. The number of halogens is 1. The maximum Gasteiger partial charge on any atom is 0.224 e. The molecule has 0 saturated carbocycles. The Morgan fingerprint density at radius 1 is 1.32 bits per heavy atom. The molecular weight excluding hydrogens is 266 g/mol. The average molecular weight is 286 g/mol. The third kappa shape index (κ3) is 3.45. The number of fused-ring (bicyclic) bond motifs is 2. The van der Waals surface area contributed by atoms with Crippen LogP contribution in [0.15, 0.2) is 12.7 Å². The van der Waals surface area contributed by atoms with Gasteiger partial charge < -0.3 is 10.2 Å². The summed E-state index contributed by atoms with van der Waals surface area (Å²) < 4.78 is 1.71. The molecule has 7 heteroatoms. The molecular formula is C12H20ClN5O. The summed E-state index contributed by atoms with van der Waals surface area (Å²) in [4.78, 5) is 18.0. The Labute approximate surface area is 119 Å². The summed E-state index contributed by atoms with van der Waals surface area (Å²) in [5, 5.41) is 7.60. The molecule has 1 aromatic heterocycles. The first-order valence-electron chi connectivity index (χ1n) is 6.67. The van der Waals surface area contributed by atoms with Crippen LogP contribution in [0.25, 0.3) is 0 Å². The zero-order chi connectivity index (χ0) is 12.4. The lowest BCUT2D eigenvalue weighted by Crippen LogP contribution is -2.39. The van der Waals surface area contributed by atoms with Gasteiger partial charge in [0, 0.05) is 31.6 Å². The quantitative estimate of drug-likeness (QED) is 0.875. The summed E-state index contributed by atoms with van der Waals surface area (Å²) in [6.07, 6.45) is 7.23. The van der Waals surface area contributed by atoms with Crippen LogP contribution < -0.4 is 5.32 Å². The Kier molecular flexibility index (Phi) is 4.76. The van der Waals surface area contributed by atoms with E-state index >= 15 is 0 Å². The number of carbonyl (C=O) groups excluding carboxylic acids is 1. The maximum absolute atomic E-state index is 12.2. The van der Waals surface area contributed by atoms with E-state index in [1.54, 1.807) is 11.0 Å². The van der Waals surface area contributed by atoms with Crippen LogP contribution in [-0.2, 0) is 11.3 Å². The first-order valence-corrected chi connectivity index (χ1v) is 6.67. The van der Waals surface area contributed by atoms with Gasteiger partial charge >= 0.3 is 0 Å². The smallest absolute Gasteiger partial charge is 0.224 e. The molecule has 2 bridgehead atoms. The Morgan fingerprint density at radius 2 is 2.16 bits per heavy atom. The van der Waals surface area contributed by atoms with Gasteiger partial charge in [0.25, 0.3) is 0 Å². The van der Waals surface area contributed by atoms with Crippen molar-refractivity contribution in [1.82, 2.24) is 25.0 Å². The lowest BCUT2D eigenvalue weighted by molar-refractivity contribution is -0.131. The highest BCUT2D eigenvalue weighted by Crippen LogP contribution is 2.20. The summed E-state index contributed by atoms with van der Waals surface area (Å²) in [6.45, 7) is 2.38. The number of amides is 1. The molecule has 106 valence electrons. The molecule has 2 fully saturated rings. The normalized spacial score (nSPS) is 25.8. The fourth-order valence-corrected chi connectivity index (χ4v) is 2.89. The number of rotatable bonds is 3. The minimum Gasteiger partial charge on any atom is -0.341 e. The van der Waals surface area contributed by atoms with Crippen molar-refractivity contribution >= 4 is 18.3 Å². The highest BCUT2D eigenvalue weighted by Gasteiger charge is 2.30. The fourth-order valence-electron chi connectivity index (χ4n) is 2.89. The molecule has 1 N–H and O–H groups in total. The molecule has 3 heterocycles. The summed E-state index contributed by atoms with van der Waals surface area (Å²) in [5.74, 6) is 0.236. The van der Waals surface area contributed by atoms with E-state index in [0.717, 1.165) is 19.5 Å². The first-order chi connectivity index (χ1) is 8.81. The van der Waals surface area contributed by atoms with Gasteiger partial charge in [-0.05, 0) is 19.3 Å². The molecule has 2 aliphatic heterocycles. The van der Waals surface area contributed by atoms with Crippen molar-refractivity contribution in [3.05, 3.63) is 12.7 Å². The van der Waals surface area contributed by atoms with Crippen LogP contribution in [0.4, 0.5) is 0 Å². The number of aryl methyl sites for hydroxylation is 1. The standard InChI is InChI=1S/C12H19N5O.ClH/c18-12(4-6-17-9-13-8-14-17)16-5-3-10-1-2-11(7-16)15-10;/h8-11,15H,1-7H2;1H. The van der Waals surface area contributed by atoms with Gasteiger partial charge in [0.05, 0.1) is 6.54 Å². The monoisotopic (exact) mass is 285 g/mol. The van der Waals surface area contributed by atoms with Gasteiger partial charge in [0.1, 0.15) is 12.7 Å². The Hall–Kier alpha value is -1.14. The molecule has 6 nitrogen and oxygen atoms in total. The Morgan fingerprint density at radius 3 is 2.95 bits per heavy atom. The Bertz CT molecular complexity index is 410. The van der Waals surface area contributed by atoms with Gasteiger partial charge in [-0.15, -0.1) is 12.4 Å². The molecule has 2 atom stereocenters. The average Bonchev–Trinajstić information content (AvgIpc) is 2.96. The minimum atomic E-state index is 0. The van der Waals surface area contributed by atoms with Gasteiger partial charge in [-0.3, -0.25) is 9.48 Å². The zero-order valence-corrected chi connectivity index (χ0v) is 11.7. The number of nitrogens with zero attached hydrogens (tertiary/aromatic N) is 4. The van der Waals surface area contributed by atoms with E-state index in [1.165, 1.54) is 19.2 Å². The van der Waals surface area contributed by atoms with Crippen molar-refractivity contribution in [3.63, 3.8) is 0 Å². The van der Waals surface area contributed by atoms with Crippen LogP contribution in [0.3, 0.4) is 0 Å². The highest BCUT2D eigenvalue weighted by molar-refractivity contribution is 5.85. The van der Waals surface area contributed by atoms with Crippen molar-refractivity contribution in [2.45, 2.75) is 44.3 Å². The number of hydrogen-bond donors (Lipinski definition) is 1. The second-order valence-electron chi connectivity index (χ2n) is 5.17. The molecule has 0 aromatic carbocycles. The number of likely N-dealkylation sites (tertiary alicyclic amines) is 1. The zero-order valence-electron chi connectivity index (χ0n) is 10.9. The van der Waals surface area contributed by atoms with E-state index < -0.39 is 0 Å². The van der Waals surface area contributed by atoms with Gasteiger partial charge in [0.15, 0.2) is 0 Å². The highest BCUT2D eigenvalue weighted by atomic mass is 35.5. The molecule has 1 aromatic rings. The van der Waals surface area contributed by atoms with Gasteiger partial charge in [-0.2, -0.15) is 5.10 Å². The molecule has 0 aliphatic carbocycles. The van der Waals surface area contributed by atoms with Crippen LogP contribution in [-0.4, -0.2) is 50.7 Å². The molecule has 1 amide bonds. The van der Waals surface area contributed by atoms with Gasteiger partial charge in [0.2, 0.25) is 5.91 Å². The molecule has 0 radical (unpaired) electrons. The van der Waals surface area contributed by atoms with Crippen LogP contribution in [0.5, 0.6) is 0 Å². The SMILES string of the molecule is Cl.O=C(CCn1cncn1)N1CCC2CCC(C1)N2. The molecule has 2 saturated heterocycles. The summed E-state index contributed by atoms with van der Waals surface area (Å²) in [6, 6.07) is 1.14. The maximum atomic E-state index is 12.2. The summed E-state index contributed by atoms with van der Waals surface area (Å²) in [7, 11) is 0. The summed E-state index contributed by atoms with van der Waals surface area (Å²) >= 11 is 0. The second-order valence-corrected chi connectivity index (χ2v) is 5.17. The van der Waals surface area contributed by atoms with E-state index in [4.69, 9.17) is 0 Å². The van der Waals surface area contributed by atoms with Crippen molar-refractivity contribution < 1.29 is 4.79 Å². The second kappa shape index (κ2) is 6.34. The van der Waals surface area contributed by atoms with Crippen LogP contribution in [0, 0.1) is 0 Å². The Balaban J connectivity index is 0.00000133. The van der Waals surface area contributed by atoms with Crippen molar-refractivity contribution in [3.8, 4) is 0 Å². The van der Waals surface area contributed by atoms with E-state index in [1.807, 2.05) is 4.90 Å². The van der Waals surface area contributed by atoms with Crippen molar-refractivity contribution in [2.24, 2.45) is 0 Å². The largest absolute Gasteiger partial charge is 0.341 e. The predicted molar refractivity (Wildman–Crippen MR) is 73.0 cm³/mol.